The molecule has 4 rings (SSSR count). The van der Waals surface area contributed by atoms with Crippen molar-refractivity contribution in [2.75, 3.05) is 31.1 Å². The van der Waals surface area contributed by atoms with Gasteiger partial charge in [0, 0.05) is 43.7 Å². The molecule has 0 radical (unpaired) electrons. The van der Waals surface area contributed by atoms with Crippen LogP contribution in [0.25, 0.3) is 11.3 Å². The van der Waals surface area contributed by atoms with Crippen molar-refractivity contribution in [2.24, 2.45) is 5.92 Å². The summed E-state index contributed by atoms with van der Waals surface area (Å²) >= 11 is 0. The molecule has 0 saturated carbocycles. The summed E-state index contributed by atoms with van der Waals surface area (Å²) in [5, 5.41) is 11.5. The van der Waals surface area contributed by atoms with Crippen molar-refractivity contribution in [3.63, 3.8) is 0 Å². The first-order chi connectivity index (χ1) is 14.9. The molecular weight excluding hydrogens is 396 g/mol. The van der Waals surface area contributed by atoms with Crippen LogP contribution in [0.3, 0.4) is 0 Å². The lowest BCUT2D eigenvalue weighted by atomic mass is 9.94. The Hall–Kier alpha value is -3.00. The van der Waals surface area contributed by atoms with Gasteiger partial charge in [-0.1, -0.05) is 30.3 Å². The maximum absolute atomic E-state index is 13.0. The van der Waals surface area contributed by atoms with E-state index in [1.54, 1.807) is 6.07 Å². The van der Waals surface area contributed by atoms with E-state index in [-0.39, 0.29) is 29.7 Å². The molecule has 1 aromatic heterocycles. The monoisotopic (exact) mass is 424 g/mol. The van der Waals surface area contributed by atoms with Gasteiger partial charge in [-0.25, -0.2) is 4.98 Å². The van der Waals surface area contributed by atoms with Crippen LogP contribution >= 0.6 is 0 Å². The predicted molar refractivity (Wildman–Crippen MR) is 118 cm³/mol. The minimum absolute atomic E-state index is 0.000363. The summed E-state index contributed by atoms with van der Waals surface area (Å²) in [7, 11) is 0. The molecule has 2 aliphatic heterocycles. The van der Waals surface area contributed by atoms with Crippen molar-refractivity contribution in [3.05, 3.63) is 52.6 Å². The third-order valence-electron chi connectivity index (χ3n) is 6.00. The first kappa shape index (κ1) is 21.2. The van der Waals surface area contributed by atoms with E-state index in [0.29, 0.717) is 37.7 Å². The molecular formula is C23H28N4O4. The fourth-order valence-electron chi connectivity index (χ4n) is 4.54. The molecule has 31 heavy (non-hydrogen) atoms. The molecule has 3 heterocycles. The molecule has 2 aromatic rings. The lowest BCUT2D eigenvalue weighted by molar-refractivity contribution is -0.384. The second-order valence-electron chi connectivity index (χ2n) is 8.42. The number of aromatic nitrogens is 1. The van der Waals surface area contributed by atoms with E-state index >= 15 is 0 Å². The van der Waals surface area contributed by atoms with Crippen molar-refractivity contribution in [1.29, 1.82) is 0 Å². The van der Waals surface area contributed by atoms with Crippen LogP contribution in [0.15, 0.2) is 42.5 Å². The summed E-state index contributed by atoms with van der Waals surface area (Å²) in [6, 6.07) is 12.5. The first-order valence-corrected chi connectivity index (χ1v) is 10.8. The number of hydrogen-bond donors (Lipinski definition) is 0. The average molecular weight is 425 g/mol. The fraction of sp³-hybridized carbons (Fsp3) is 0.478. The zero-order valence-corrected chi connectivity index (χ0v) is 17.9. The number of nitrogens with zero attached hydrogens (tertiary/aromatic N) is 4. The van der Waals surface area contributed by atoms with Crippen molar-refractivity contribution < 1.29 is 14.5 Å². The third-order valence-corrected chi connectivity index (χ3v) is 6.00. The zero-order chi connectivity index (χ0) is 22.0. The number of rotatable bonds is 4. The Balaban J connectivity index is 1.46. The highest BCUT2D eigenvalue weighted by atomic mass is 16.6. The van der Waals surface area contributed by atoms with Crippen LogP contribution in [0, 0.1) is 16.0 Å². The van der Waals surface area contributed by atoms with E-state index in [2.05, 4.69) is 9.88 Å². The predicted octanol–water partition coefficient (Wildman–Crippen LogP) is 3.51. The SMILES string of the molecule is CC1CN(C(=O)C2CCN(c3ccc([N+](=O)[O-])c(-c4ccccc4)n3)CC2)CC(C)O1. The maximum Gasteiger partial charge on any atom is 0.295 e. The lowest BCUT2D eigenvalue weighted by Crippen LogP contribution is -2.51. The molecule has 2 unspecified atom stereocenters. The smallest absolute Gasteiger partial charge is 0.295 e. The van der Waals surface area contributed by atoms with E-state index in [9.17, 15) is 14.9 Å². The van der Waals surface area contributed by atoms with Crippen LogP contribution in [0.4, 0.5) is 11.5 Å². The maximum atomic E-state index is 13.0. The molecule has 1 amide bonds. The Morgan fingerprint density at radius 2 is 1.71 bits per heavy atom. The lowest BCUT2D eigenvalue weighted by Gasteiger charge is -2.39. The summed E-state index contributed by atoms with van der Waals surface area (Å²) in [5.74, 6) is 0.924. The highest BCUT2D eigenvalue weighted by molar-refractivity contribution is 5.79. The van der Waals surface area contributed by atoms with Crippen molar-refractivity contribution in [1.82, 2.24) is 9.88 Å². The fourth-order valence-corrected chi connectivity index (χ4v) is 4.54. The van der Waals surface area contributed by atoms with Crippen molar-refractivity contribution >= 4 is 17.4 Å². The Kier molecular flexibility index (Phi) is 6.18. The van der Waals surface area contributed by atoms with Crippen molar-refractivity contribution in [3.8, 4) is 11.3 Å². The average Bonchev–Trinajstić information content (AvgIpc) is 2.78. The number of piperidine rings is 1. The molecule has 2 saturated heterocycles. The van der Waals surface area contributed by atoms with Gasteiger partial charge in [-0.2, -0.15) is 0 Å². The third kappa shape index (κ3) is 4.69. The number of anilines is 1. The van der Waals surface area contributed by atoms with Gasteiger partial charge in [-0.3, -0.25) is 14.9 Å². The summed E-state index contributed by atoms with van der Waals surface area (Å²) in [4.78, 5) is 32.8. The number of hydrogen-bond acceptors (Lipinski definition) is 6. The highest BCUT2D eigenvalue weighted by Gasteiger charge is 2.33. The Morgan fingerprint density at radius 3 is 2.32 bits per heavy atom. The van der Waals surface area contributed by atoms with Gasteiger partial charge in [0.25, 0.3) is 5.69 Å². The topological polar surface area (TPSA) is 88.8 Å². The Bertz CT molecular complexity index is 934. The minimum atomic E-state index is -0.395. The van der Waals surface area contributed by atoms with E-state index < -0.39 is 4.92 Å². The number of carbonyl (C=O) groups excluding carboxylic acids is 1. The van der Waals surface area contributed by atoms with Crippen LogP contribution in [0.5, 0.6) is 0 Å². The molecule has 1 aromatic carbocycles. The van der Waals surface area contributed by atoms with Crippen LogP contribution in [-0.2, 0) is 9.53 Å². The van der Waals surface area contributed by atoms with Crippen LogP contribution in [0.2, 0.25) is 0 Å². The highest BCUT2D eigenvalue weighted by Crippen LogP contribution is 2.32. The molecule has 8 nitrogen and oxygen atoms in total. The van der Waals surface area contributed by atoms with Gasteiger partial charge >= 0.3 is 0 Å². The molecule has 2 fully saturated rings. The molecule has 0 N–H and O–H groups in total. The van der Waals surface area contributed by atoms with Crippen LogP contribution in [0.1, 0.15) is 26.7 Å². The summed E-state index contributed by atoms with van der Waals surface area (Å²) in [5.41, 5.74) is 1.09. The van der Waals surface area contributed by atoms with E-state index in [0.717, 1.165) is 18.4 Å². The number of benzene rings is 1. The van der Waals surface area contributed by atoms with Crippen LogP contribution < -0.4 is 4.90 Å². The summed E-state index contributed by atoms with van der Waals surface area (Å²) in [6.45, 7) is 6.70. The Labute approximate surface area is 182 Å². The number of ether oxygens (including phenoxy) is 1. The number of amides is 1. The number of pyridine rings is 1. The molecule has 0 aliphatic carbocycles. The molecule has 0 bridgehead atoms. The largest absolute Gasteiger partial charge is 0.372 e. The van der Waals surface area contributed by atoms with Gasteiger partial charge < -0.3 is 14.5 Å². The van der Waals surface area contributed by atoms with Gasteiger partial charge in [-0.05, 0) is 32.8 Å². The van der Waals surface area contributed by atoms with E-state index in [1.165, 1.54) is 6.07 Å². The summed E-state index contributed by atoms with van der Waals surface area (Å²) in [6.07, 6.45) is 1.62. The quantitative estimate of drug-likeness (QED) is 0.551. The Morgan fingerprint density at radius 1 is 1.06 bits per heavy atom. The molecule has 8 heteroatoms. The van der Waals surface area contributed by atoms with E-state index in [1.807, 2.05) is 49.1 Å². The standard InChI is InChI=1S/C23H28N4O4/c1-16-14-26(15-17(2)31-16)23(28)19-10-12-25(13-11-19)21-9-8-20(27(29)30)22(24-21)18-6-4-3-5-7-18/h3-9,16-17,19H,10-15H2,1-2H3. The minimum Gasteiger partial charge on any atom is -0.372 e. The number of morpholine rings is 1. The molecule has 2 atom stereocenters. The zero-order valence-electron chi connectivity index (χ0n) is 17.9. The molecule has 2 aliphatic rings. The van der Waals surface area contributed by atoms with Gasteiger partial charge in [0.1, 0.15) is 5.82 Å². The van der Waals surface area contributed by atoms with Gasteiger partial charge in [0.05, 0.1) is 17.1 Å². The number of carbonyl (C=O) groups is 1. The van der Waals surface area contributed by atoms with E-state index in [4.69, 9.17) is 4.74 Å². The second-order valence-corrected chi connectivity index (χ2v) is 8.42. The van der Waals surface area contributed by atoms with Gasteiger partial charge in [0.2, 0.25) is 5.91 Å². The van der Waals surface area contributed by atoms with Gasteiger partial charge in [0.15, 0.2) is 5.69 Å². The first-order valence-electron chi connectivity index (χ1n) is 10.8. The normalized spacial score (nSPS) is 22.4. The van der Waals surface area contributed by atoms with Crippen molar-refractivity contribution in [2.45, 2.75) is 38.9 Å². The second kappa shape index (κ2) is 9.01. The van der Waals surface area contributed by atoms with Crippen LogP contribution in [-0.4, -0.2) is 59.1 Å². The summed E-state index contributed by atoms with van der Waals surface area (Å²) < 4.78 is 5.74. The number of nitro groups is 1. The van der Waals surface area contributed by atoms with Gasteiger partial charge in [-0.15, -0.1) is 0 Å². The molecule has 0 spiro atoms. The molecule has 164 valence electrons.